The topological polar surface area (TPSA) is 96.0 Å². The molecule has 2 heterocycles. The highest BCUT2D eigenvalue weighted by atomic mass is 19.1. The van der Waals surface area contributed by atoms with Gasteiger partial charge in [0, 0.05) is 12.1 Å². The van der Waals surface area contributed by atoms with E-state index < -0.39 is 6.10 Å². The van der Waals surface area contributed by atoms with Gasteiger partial charge in [0.15, 0.2) is 0 Å². The summed E-state index contributed by atoms with van der Waals surface area (Å²) < 4.78 is 20.8. The van der Waals surface area contributed by atoms with Crippen LogP contribution in [0.5, 0.6) is 0 Å². The van der Waals surface area contributed by atoms with E-state index in [1.807, 2.05) is 12.1 Å². The molecule has 1 aliphatic heterocycles. The Morgan fingerprint density at radius 3 is 2.86 bits per heavy atom. The number of nitrogens with one attached hydrogen (secondary N) is 1. The lowest BCUT2D eigenvalue weighted by Crippen LogP contribution is -2.45. The van der Waals surface area contributed by atoms with Crippen LogP contribution < -0.4 is 5.32 Å². The molecule has 3 aromatic rings. The summed E-state index contributed by atoms with van der Waals surface area (Å²) in [6, 6.07) is 15.3. The van der Waals surface area contributed by atoms with Gasteiger partial charge in [-0.15, -0.1) is 5.10 Å². The first-order valence-electron chi connectivity index (χ1n) is 9.30. The first-order valence-corrected chi connectivity index (χ1v) is 9.30. The summed E-state index contributed by atoms with van der Waals surface area (Å²) in [5.41, 5.74) is 2.84. The molecular formula is C21H20FN5O2. The van der Waals surface area contributed by atoms with Gasteiger partial charge in [-0.1, -0.05) is 29.5 Å². The smallest absolute Gasteiger partial charge is 0.123 e. The fourth-order valence-electron chi connectivity index (χ4n) is 3.40. The van der Waals surface area contributed by atoms with Gasteiger partial charge >= 0.3 is 0 Å². The Kier molecular flexibility index (Phi) is 5.62. The number of benzene rings is 2. The van der Waals surface area contributed by atoms with Crippen LogP contribution in [0.1, 0.15) is 11.1 Å². The summed E-state index contributed by atoms with van der Waals surface area (Å²) in [7, 11) is 0. The maximum atomic E-state index is 13.4. The normalized spacial score (nSPS) is 21.2. The lowest BCUT2D eigenvalue weighted by atomic mass is 10.1. The van der Waals surface area contributed by atoms with Crippen molar-refractivity contribution in [2.75, 3.05) is 6.61 Å². The van der Waals surface area contributed by atoms with E-state index in [4.69, 9.17) is 10.00 Å². The predicted octanol–water partition coefficient (Wildman–Crippen LogP) is 1.87. The number of aromatic nitrogens is 3. The lowest BCUT2D eigenvalue weighted by molar-refractivity contribution is 0.0741. The SMILES string of the molecule is N#Cc1ccc(CN[C@@H]2[C@@H](O)CO[C@@H]2Cn2cc(-c3cccc(F)c3)nn2)cc1. The second-order valence-corrected chi connectivity index (χ2v) is 6.99. The quantitative estimate of drug-likeness (QED) is 0.664. The van der Waals surface area contributed by atoms with Crippen molar-refractivity contribution >= 4 is 0 Å². The zero-order chi connectivity index (χ0) is 20.2. The van der Waals surface area contributed by atoms with E-state index in [0.29, 0.717) is 29.9 Å². The molecule has 8 heteroatoms. The van der Waals surface area contributed by atoms with Crippen LogP contribution in [0.4, 0.5) is 4.39 Å². The van der Waals surface area contributed by atoms with Crippen LogP contribution in [-0.2, 0) is 17.8 Å². The van der Waals surface area contributed by atoms with Crippen molar-refractivity contribution in [3.8, 4) is 17.3 Å². The van der Waals surface area contributed by atoms with E-state index in [0.717, 1.165) is 5.56 Å². The second-order valence-electron chi connectivity index (χ2n) is 6.99. The Balaban J connectivity index is 1.40. The molecule has 148 valence electrons. The van der Waals surface area contributed by atoms with E-state index >= 15 is 0 Å². The van der Waals surface area contributed by atoms with Gasteiger partial charge in [0.2, 0.25) is 0 Å². The minimum Gasteiger partial charge on any atom is -0.389 e. The molecule has 0 aliphatic carbocycles. The molecular weight excluding hydrogens is 373 g/mol. The molecule has 0 saturated carbocycles. The van der Waals surface area contributed by atoms with Gasteiger partial charge in [0.1, 0.15) is 11.5 Å². The third kappa shape index (κ3) is 4.49. The van der Waals surface area contributed by atoms with Gasteiger partial charge in [0.05, 0.1) is 49.2 Å². The number of rotatable bonds is 6. The Morgan fingerprint density at radius 1 is 1.28 bits per heavy atom. The number of nitrogens with zero attached hydrogens (tertiary/aromatic N) is 4. The zero-order valence-electron chi connectivity index (χ0n) is 15.6. The summed E-state index contributed by atoms with van der Waals surface area (Å²) >= 11 is 0. The van der Waals surface area contributed by atoms with Gasteiger partial charge in [-0.25, -0.2) is 9.07 Å². The molecule has 4 rings (SSSR count). The third-order valence-electron chi connectivity index (χ3n) is 4.95. The Morgan fingerprint density at radius 2 is 2.10 bits per heavy atom. The number of hydrogen-bond acceptors (Lipinski definition) is 6. The van der Waals surface area contributed by atoms with Crippen molar-refractivity contribution in [1.82, 2.24) is 20.3 Å². The van der Waals surface area contributed by atoms with Crippen LogP contribution in [0.15, 0.2) is 54.7 Å². The van der Waals surface area contributed by atoms with E-state index in [1.54, 1.807) is 35.1 Å². The molecule has 2 N–H and O–H groups in total. The molecule has 1 aromatic heterocycles. The van der Waals surface area contributed by atoms with Crippen molar-refractivity contribution in [3.05, 3.63) is 71.7 Å². The van der Waals surface area contributed by atoms with E-state index in [1.165, 1.54) is 12.1 Å². The van der Waals surface area contributed by atoms with Crippen molar-refractivity contribution in [1.29, 1.82) is 5.26 Å². The first-order chi connectivity index (χ1) is 14.1. The number of aliphatic hydroxyl groups is 1. The average Bonchev–Trinajstić information content (AvgIpc) is 3.34. The molecule has 0 bridgehead atoms. The molecule has 1 aliphatic rings. The standard InChI is InChI=1S/C21H20FN5O2/c22-17-3-1-2-16(8-17)18-11-27(26-25-18)12-20-21(19(28)13-29-20)24-10-15-6-4-14(9-23)5-7-15/h1-8,11,19-21,24,28H,10,12-13H2/t19-,20+,21+/m0/s1. The van der Waals surface area contributed by atoms with Crippen molar-refractivity contribution < 1.29 is 14.2 Å². The molecule has 2 aromatic carbocycles. The molecule has 0 radical (unpaired) electrons. The van der Waals surface area contributed by atoms with Crippen molar-refractivity contribution in [3.63, 3.8) is 0 Å². The van der Waals surface area contributed by atoms with Crippen LogP contribution >= 0.6 is 0 Å². The summed E-state index contributed by atoms with van der Waals surface area (Å²) in [6.45, 7) is 1.19. The van der Waals surface area contributed by atoms with Gasteiger partial charge in [-0.2, -0.15) is 5.26 Å². The van der Waals surface area contributed by atoms with E-state index in [2.05, 4.69) is 21.7 Å². The summed E-state index contributed by atoms with van der Waals surface area (Å²) in [5.74, 6) is -0.327. The minimum atomic E-state index is -0.635. The van der Waals surface area contributed by atoms with Crippen LogP contribution in [0.3, 0.4) is 0 Å². The number of nitriles is 1. The minimum absolute atomic E-state index is 0.237. The van der Waals surface area contributed by atoms with Crippen LogP contribution in [0, 0.1) is 17.1 Å². The monoisotopic (exact) mass is 393 g/mol. The third-order valence-corrected chi connectivity index (χ3v) is 4.95. The second kappa shape index (κ2) is 8.49. The maximum absolute atomic E-state index is 13.4. The highest BCUT2D eigenvalue weighted by molar-refractivity contribution is 5.57. The predicted molar refractivity (Wildman–Crippen MR) is 103 cm³/mol. The van der Waals surface area contributed by atoms with Crippen molar-refractivity contribution in [2.45, 2.75) is 31.3 Å². The largest absolute Gasteiger partial charge is 0.389 e. The van der Waals surface area contributed by atoms with Gasteiger partial charge < -0.3 is 15.2 Å². The number of halogens is 1. The number of aliphatic hydroxyl groups excluding tert-OH is 1. The Labute approximate surface area is 167 Å². The highest BCUT2D eigenvalue weighted by Gasteiger charge is 2.36. The fourth-order valence-corrected chi connectivity index (χ4v) is 3.40. The maximum Gasteiger partial charge on any atom is 0.123 e. The Bertz CT molecular complexity index is 1010. The fraction of sp³-hybridized carbons (Fsp3) is 0.286. The van der Waals surface area contributed by atoms with Crippen molar-refractivity contribution in [2.24, 2.45) is 0 Å². The molecule has 29 heavy (non-hydrogen) atoms. The van der Waals surface area contributed by atoms with Crippen LogP contribution in [0.25, 0.3) is 11.3 Å². The molecule has 7 nitrogen and oxygen atoms in total. The molecule has 3 atom stereocenters. The van der Waals surface area contributed by atoms with E-state index in [-0.39, 0.29) is 24.6 Å². The summed E-state index contributed by atoms with van der Waals surface area (Å²) in [6.07, 6.45) is 0.815. The summed E-state index contributed by atoms with van der Waals surface area (Å²) in [4.78, 5) is 0. The van der Waals surface area contributed by atoms with Gasteiger partial charge in [0.25, 0.3) is 0 Å². The Hall–Kier alpha value is -3.12. The zero-order valence-corrected chi connectivity index (χ0v) is 15.6. The number of ether oxygens (including phenoxy) is 1. The molecule has 1 saturated heterocycles. The average molecular weight is 393 g/mol. The number of hydrogen-bond donors (Lipinski definition) is 2. The van der Waals surface area contributed by atoms with Gasteiger partial charge in [-0.05, 0) is 29.8 Å². The van der Waals surface area contributed by atoms with Gasteiger partial charge in [-0.3, -0.25) is 0 Å². The van der Waals surface area contributed by atoms with Crippen LogP contribution in [-0.4, -0.2) is 45.0 Å². The van der Waals surface area contributed by atoms with Crippen LogP contribution in [0.2, 0.25) is 0 Å². The molecule has 0 unspecified atom stereocenters. The van der Waals surface area contributed by atoms with E-state index in [9.17, 15) is 9.50 Å². The molecule has 0 spiro atoms. The first kappa shape index (κ1) is 19.2. The molecule has 1 fully saturated rings. The lowest BCUT2D eigenvalue weighted by Gasteiger charge is -2.21. The molecule has 0 amide bonds. The summed E-state index contributed by atoms with van der Waals surface area (Å²) in [5, 5.41) is 30.7. The highest BCUT2D eigenvalue weighted by Crippen LogP contribution is 2.20.